The van der Waals surface area contributed by atoms with Crippen molar-refractivity contribution >= 4 is 43.7 Å². The third kappa shape index (κ3) is 7.10. The zero-order valence-corrected chi connectivity index (χ0v) is 17.8. The lowest BCUT2D eigenvalue weighted by atomic mass is 10.1. The first-order valence-electron chi connectivity index (χ1n) is 8.76. The largest absolute Gasteiger partial charge is 0.452 e. The number of hydrogen-bond acceptors (Lipinski definition) is 5. The van der Waals surface area contributed by atoms with Crippen molar-refractivity contribution in [2.24, 2.45) is 5.92 Å². The summed E-state index contributed by atoms with van der Waals surface area (Å²) in [5.41, 5.74) is 0.824. The molecule has 1 amide bonds. The van der Waals surface area contributed by atoms with Crippen LogP contribution in [-0.2, 0) is 24.2 Å². The molecular weight excluding hydrogens is 434 g/mol. The normalized spacial score (nSPS) is 18.7. The number of rotatable bonds is 7. The molecular formula is C19H24BrNO5S. The van der Waals surface area contributed by atoms with Crippen LogP contribution in [0.15, 0.2) is 34.8 Å². The second-order valence-electron chi connectivity index (χ2n) is 6.99. The SMILES string of the molecule is CC(C)CN(C(=O)COC(=O)C=Cc1cccc(Br)c1)C1CCS(=O)(=O)C1. The number of ether oxygens (including phenoxy) is 1. The number of carbonyl (C=O) groups excluding carboxylic acids is 2. The van der Waals surface area contributed by atoms with Crippen molar-refractivity contribution in [1.82, 2.24) is 4.90 Å². The van der Waals surface area contributed by atoms with Crippen LogP contribution in [0, 0.1) is 5.92 Å². The smallest absolute Gasteiger partial charge is 0.331 e. The molecule has 1 atom stereocenters. The fourth-order valence-corrected chi connectivity index (χ4v) is 5.06. The zero-order valence-electron chi connectivity index (χ0n) is 15.4. The Morgan fingerprint density at radius 2 is 2.11 bits per heavy atom. The van der Waals surface area contributed by atoms with E-state index in [2.05, 4.69) is 15.9 Å². The first-order valence-corrected chi connectivity index (χ1v) is 11.4. The van der Waals surface area contributed by atoms with Crippen molar-refractivity contribution in [3.05, 3.63) is 40.4 Å². The molecule has 1 heterocycles. The number of benzene rings is 1. The predicted octanol–water partition coefficient (Wildman–Crippen LogP) is 2.68. The lowest BCUT2D eigenvalue weighted by Crippen LogP contribution is -2.45. The van der Waals surface area contributed by atoms with Gasteiger partial charge in [-0.25, -0.2) is 13.2 Å². The average Bonchev–Trinajstić information content (AvgIpc) is 2.95. The molecule has 0 bridgehead atoms. The molecule has 0 saturated carbocycles. The van der Waals surface area contributed by atoms with Gasteiger partial charge in [0.15, 0.2) is 16.4 Å². The number of esters is 1. The van der Waals surface area contributed by atoms with E-state index in [0.29, 0.717) is 13.0 Å². The Morgan fingerprint density at radius 1 is 1.37 bits per heavy atom. The zero-order chi connectivity index (χ0) is 20.0. The summed E-state index contributed by atoms with van der Waals surface area (Å²) in [6, 6.07) is 7.06. The minimum absolute atomic E-state index is 0.0256. The lowest BCUT2D eigenvalue weighted by Gasteiger charge is -2.29. The maximum Gasteiger partial charge on any atom is 0.331 e. The van der Waals surface area contributed by atoms with Crippen LogP contribution in [0.5, 0.6) is 0 Å². The summed E-state index contributed by atoms with van der Waals surface area (Å²) in [5.74, 6) is -0.733. The van der Waals surface area contributed by atoms with E-state index in [1.807, 2.05) is 38.1 Å². The van der Waals surface area contributed by atoms with Crippen LogP contribution in [0.25, 0.3) is 6.08 Å². The molecule has 148 valence electrons. The Morgan fingerprint density at radius 3 is 2.70 bits per heavy atom. The van der Waals surface area contributed by atoms with Crippen molar-refractivity contribution in [2.45, 2.75) is 26.3 Å². The van der Waals surface area contributed by atoms with E-state index >= 15 is 0 Å². The molecule has 2 rings (SSSR count). The van der Waals surface area contributed by atoms with Crippen LogP contribution < -0.4 is 0 Å². The van der Waals surface area contributed by atoms with E-state index in [1.165, 1.54) is 6.08 Å². The minimum Gasteiger partial charge on any atom is -0.452 e. The molecule has 0 spiro atoms. The highest BCUT2D eigenvalue weighted by Gasteiger charge is 2.35. The van der Waals surface area contributed by atoms with Gasteiger partial charge in [0.2, 0.25) is 0 Å². The summed E-state index contributed by atoms with van der Waals surface area (Å²) in [5, 5.41) is 0. The molecule has 27 heavy (non-hydrogen) atoms. The molecule has 8 heteroatoms. The highest BCUT2D eigenvalue weighted by molar-refractivity contribution is 9.10. The quantitative estimate of drug-likeness (QED) is 0.464. The molecule has 1 fully saturated rings. The van der Waals surface area contributed by atoms with Gasteiger partial charge in [-0.2, -0.15) is 0 Å². The lowest BCUT2D eigenvalue weighted by molar-refractivity contribution is -0.149. The van der Waals surface area contributed by atoms with E-state index in [4.69, 9.17) is 4.74 Å². The molecule has 1 aliphatic heterocycles. The van der Waals surface area contributed by atoms with E-state index in [1.54, 1.807) is 11.0 Å². The van der Waals surface area contributed by atoms with Crippen LogP contribution in [-0.4, -0.2) is 55.9 Å². The van der Waals surface area contributed by atoms with Crippen molar-refractivity contribution in [1.29, 1.82) is 0 Å². The van der Waals surface area contributed by atoms with Gasteiger partial charge >= 0.3 is 5.97 Å². The Balaban J connectivity index is 1.93. The molecule has 1 aromatic rings. The van der Waals surface area contributed by atoms with Crippen molar-refractivity contribution < 1.29 is 22.7 Å². The van der Waals surface area contributed by atoms with Crippen LogP contribution in [0.3, 0.4) is 0 Å². The maximum absolute atomic E-state index is 12.5. The number of halogens is 1. The van der Waals surface area contributed by atoms with Gasteiger partial charge in [-0.05, 0) is 36.1 Å². The van der Waals surface area contributed by atoms with Gasteiger partial charge in [0.1, 0.15) is 0 Å². The van der Waals surface area contributed by atoms with Crippen LogP contribution in [0.1, 0.15) is 25.8 Å². The summed E-state index contributed by atoms with van der Waals surface area (Å²) >= 11 is 3.35. The summed E-state index contributed by atoms with van der Waals surface area (Å²) in [7, 11) is -3.10. The van der Waals surface area contributed by atoms with Gasteiger partial charge in [-0.15, -0.1) is 0 Å². The fraction of sp³-hybridized carbons (Fsp3) is 0.474. The predicted molar refractivity (Wildman–Crippen MR) is 108 cm³/mol. The third-order valence-corrected chi connectivity index (χ3v) is 6.37. The first-order chi connectivity index (χ1) is 12.7. The first kappa shape index (κ1) is 21.6. The van der Waals surface area contributed by atoms with E-state index < -0.39 is 22.4 Å². The molecule has 1 aliphatic rings. The Hall–Kier alpha value is -1.67. The van der Waals surface area contributed by atoms with Gasteiger partial charge < -0.3 is 9.64 Å². The number of hydrogen-bond donors (Lipinski definition) is 0. The van der Waals surface area contributed by atoms with E-state index in [-0.39, 0.29) is 29.4 Å². The molecule has 0 radical (unpaired) electrons. The molecule has 0 N–H and O–H groups in total. The second-order valence-corrected chi connectivity index (χ2v) is 10.1. The summed E-state index contributed by atoms with van der Waals surface area (Å²) in [6.07, 6.45) is 3.30. The fourth-order valence-electron chi connectivity index (χ4n) is 2.91. The van der Waals surface area contributed by atoms with Gasteiger partial charge in [0, 0.05) is 23.1 Å². The number of amides is 1. The number of nitrogens with zero attached hydrogens (tertiary/aromatic N) is 1. The van der Waals surface area contributed by atoms with Crippen LogP contribution in [0.4, 0.5) is 0 Å². The number of sulfone groups is 1. The topological polar surface area (TPSA) is 80.8 Å². The Bertz CT molecular complexity index is 819. The second kappa shape index (κ2) is 9.50. The van der Waals surface area contributed by atoms with Gasteiger partial charge in [0.05, 0.1) is 11.5 Å². The van der Waals surface area contributed by atoms with E-state index in [9.17, 15) is 18.0 Å². The van der Waals surface area contributed by atoms with Gasteiger partial charge in [-0.3, -0.25) is 4.79 Å². The summed E-state index contributed by atoms with van der Waals surface area (Å²) in [6.45, 7) is 3.95. The third-order valence-electron chi connectivity index (χ3n) is 4.13. The molecule has 0 aromatic heterocycles. The summed E-state index contributed by atoms with van der Waals surface area (Å²) in [4.78, 5) is 26.0. The molecule has 6 nitrogen and oxygen atoms in total. The minimum atomic E-state index is -3.10. The van der Waals surface area contributed by atoms with Crippen LogP contribution >= 0.6 is 15.9 Å². The Kier molecular flexibility index (Phi) is 7.61. The summed E-state index contributed by atoms with van der Waals surface area (Å²) < 4.78 is 29.4. The highest BCUT2D eigenvalue weighted by atomic mass is 79.9. The standard InChI is InChI=1S/C19H24BrNO5S/c1-14(2)11-21(17-8-9-27(24,25)13-17)18(22)12-26-19(23)7-6-15-4-3-5-16(20)10-15/h3-7,10,14,17H,8-9,11-13H2,1-2H3. The molecule has 1 saturated heterocycles. The average molecular weight is 458 g/mol. The van der Waals surface area contributed by atoms with Crippen molar-refractivity contribution in [3.8, 4) is 0 Å². The van der Waals surface area contributed by atoms with Crippen LogP contribution in [0.2, 0.25) is 0 Å². The molecule has 0 aliphatic carbocycles. The molecule has 1 aromatic carbocycles. The van der Waals surface area contributed by atoms with Crippen molar-refractivity contribution in [3.63, 3.8) is 0 Å². The monoisotopic (exact) mass is 457 g/mol. The number of carbonyl (C=O) groups is 2. The molecule has 1 unspecified atom stereocenters. The van der Waals surface area contributed by atoms with Crippen molar-refractivity contribution in [2.75, 3.05) is 24.7 Å². The van der Waals surface area contributed by atoms with Gasteiger partial charge in [0.25, 0.3) is 5.91 Å². The van der Waals surface area contributed by atoms with Gasteiger partial charge in [-0.1, -0.05) is 41.9 Å². The van der Waals surface area contributed by atoms with E-state index in [0.717, 1.165) is 10.0 Å². The Labute approximate surface area is 168 Å². The highest BCUT2D eigenvalue weighted by Crippen LogP contribution is 2.19. The maximum atomic E-state index is 12.5.